The Morgan fingerprint density at radius 3 is 2.85 bits per heavy atom. The Labute approximate surface area is 155 Å². The number of nitrogens with zero attached hydrogens (tertiary/aromatic N) is 3. The Kier molecular flexibility index (Phi) is 4.59. The van der Waals surface area contributed by atoms with E-state index in [1.165, 1.54) is 23.5 Å². The Balaban J connectivity index is 1.63. The zero-order valence-corrected chi connectivity index (χ0v) is 15.4. The average molecular weight is 369 g/mol. The van der Waals surface area contributed by atoms with E-state index in [0.717, 1.165) is 42.0 Å². The molecule has 0 spiro atoms. The topological polar surface area (TPSA) is 38.1 Å². The third-order valence-electron chi connectivity index (χ3n) is 4.92. The van der Waals surface area contributed by atoms with Gasteiger partial charge in [0.15, 0.2) is 0 Å². The van der Waals surface area contributed by atoms with Crippen LogP contribution in [-0.4, -0.2) is 26.9 Å². The maximum atomic E-state index is 13.2. The fourth-order valence-corrected chi connectivity index (χ4v) is 4.18. The van der Waals surface area contributed by atoms with Gasteiger partial charge in [-0.15, -0.1) is 0 Å². The molecule has 4 rings (SSSR count). The molecular weight excluding hydrogens is 349 g/mol. The minimum absolute atomic E-state index is 0.0171. The molecule has 0 radical (unpaired) electrons. The van der Waals surface area contributed by atoms with Gasteiger partial charge in [-0.1, -0.05) is 12.1 Å². The van der Waals surface area contributed by atoms with Crippen LogP contribution in [0.1, 0.15) is 46.3 Å². The highest BCUT2D eigenvalue weighted by molar-refractivity contribution is 7.08. The number of rotatable bonds is 4. The van der Waals surface area contributed by atoms with E-state index in [4.69, 9.17) is 0 Å². The molecule has 2 aromatic heterocycles. The van der Waals surface area contributed by atoms with Gasteiger partial charge in [-0.25, -0.2) is 9.37 Å². The number of aromatic nitrogens is 2. The molecule has 6 heteroatoms. The largest absolute Gasteiger partial charge is 0.328 e. The monoisotopic (exact) mass is 369 g/mol. The van der Waals surface area contributed by atoms with Crippen molar-refractivity contribution in [1.29, 1.82) is 0 Å². The molecule has 1 saturated heterocycles. The van der Waals surface area contributed by atoms with Gasteiger partial charge in [0.2, 0.25) is 0 Å². The summed E-state index contributed by atoms with van der Waals surface area (Å²) >= 11 is 1.53. The quantitative estimate of drug-likeness (QED) is 0.683. The molecule has 1 aliphatic heterocycles. The molecule has 0 aliphatic carbocycles. The molecule has 1 aromatic carbocycles. The Hall–Kier alpha value is -2.47. The van der Waals surface area contributed by atoms with E-state index in [2.05, 4.69) is 9.55 Å². The summed E-state index contributed by atoms with van der Waals surface area (Å²) in [5.74, 6) is 0.746. The molecule has 1 atom stereocenters. The summed E-state index contributed by atoms with van der Waals surface area (Å²) in [6.07, 6.45) is 3.74. The summed E-state index contributed by atoms with van der Waals surface area (Å²) in [5.41, 5.74) is 2.80. The first-order valence-electron chi connectivity index (χ1n) is 8.73. The molecular formula is C20H20FN3OS. The number of likely N-dealkylation sites (tertiary alicyclic amines) is 1. The molecule has 1 unspecified atom stereocenters. The molecule has 4 nitrogen and oxygen atoms in total. The maximum Gasteiger partial charge on any atom is 0.255 e. The predicted octanol–water partition coefficient (Wildman–Crippen LogP) is 4.42. The predicted molar refractivity (Wildman–Crippen MR) is 99.8 cm³/mol. The number of benzene rings is 1. The van der Waals surface area contributed by atoms with Crippen LogP contribution in [0.2, 0.25) is 0 Å². The van der Waals surface area contributed by atoms with Crippen molar-refractivity contribution < 1.29 is 9.18 Å². The van der Waals surface area contributed by atoms with Gasteiger partial charge in [-0.05, 0) is 48.9 Å². The van der Waals surface area contributed by atoms with Crippen LogP contribution in [0.25, 0.3) is 0 Å². The van der Waals surface area contributed by atoms with Crippen LogP contribution in [0.4, 0.5) is 4.39 Å². The first-order valence-corrected chi connectivity index (χ1v) is 9.67. The van der Waals surface area contributed by atoms with Crippen LogP contribution in [0, 0.1) is 12.7 Å². The van der Waals surface area contributed by atoms with E-state index in [0.29, 0.717) is 6.54 Å². The number of imidazole rings is 1. The summed E-state index contributed by atoms with van der Waals surface area (Å²) in [5, 5.41) is 3.83. The minimum Gasteiger partial charge on any atom is -0.328 e. The molecule has 0 saturated carbocycles. The zero-order valence-electron chi connectivity index (χ0n) is 14.6. The fourth-order valence-electron chi connectivity index (χ4n) is 3.55. The number of hydrogen-bond acceptors (Lipinski definition) is 3. The van der Waals surface area contributed by atoms with Crippen LogP contribution >= 0.6 is 11.3 Å². The average Bonchev–Trinajstić information content (AvgIpc) is 3.38. The first kappa shape index (κ1) is 17.0. The van der Waals surface area contributed by atoms with Crippen molar-refractivity contribution in [2.24, 2.45) is 0 Å². The van der Waals surface area contributed by atoms with E-state index in [9.17, 15) is 9.18 Å². The fraction of sp³-hybridized carbons (Fsp3) is 0.300. The molecule has 0 bridgehead atoms. The van der Waals surface area contributed by atoms with Gasteiger partial charge in [-0.2, -0.15) is 11.3 Å². The second-order valence-electron chi connectivity index (χ2n) is 6.64. The Morgan fingerprint density at radius 1 is 1.31 bits per heavy atom. The van der Waals surface area contributed by atoms with E-state index in [1.807, 2.05) is 34.8 Å². The number of hydrogen-bond donors (Lipinski definition) is 0. The van der Waals surface area contributed by atoms with Crippen molar-refractivity contribution in [1.82, 2.24) is 14.5 Å². The van der Waals surface area contributed by atoms with Gasteiger partial charge < -0.3 is 9.47 Å². The summed E-state index contributed by atoms with van der Waals surface area (Å²) in [7, 11) is 0. The van der Waals surface area contributed by atoms with Crippen LogP contribution < -0.4 is 0 Å². The van der Waals surface area contributed by atoms with Crippen LogP contribution in [0.5, 0.6) is 0 Å². The number of halogens is 1. The van der Waals surface area contributed by atoms with Crippen LogP contribution in [0.15, 0.2) is 47.3 Å². The number of thiophene rings is 1. The normalized spacial score (nSPS) is 17.0. The van der Waals surface area contributed by atoms with Crippen molar-refractivity contribution in [3.8, 4) is 0 Å². The number of amides is 1. The van der Waals surface area contributed by atoms with Gasteiger partial charge >= 0.3 is 0 Å². The van der Waals surface area contributed by atoms with E-state index >= 15 is 0 Å². The van der Waals surface area contributed by atoms with Crippen molar-refractivity contribution in [2.45, 2.75) is 32.4 Å². The lowest BCUT2D eigenvalue weighted by molar-refractivity contribution is 0.0728. The van der Waals surface area contributed by atoms with Crippen molar-refractivity contribution in [3.05, 3.63) is 75.8 Å². The lowest BCUT2D eigenvalue weighted by Gasteiger charge is -2.25. The third kappa shape index (κ3) is 3.17. The van der Waals surface area contributed by atoms with Crippen LogP contribution in [-0.2, 0) is 6.54 Å². The molecule has 134 valence electrons. The highest BCUT2D eigenvalue weighted by Gasteiger charge is 2.33. The number of aryl methyl sites for hydroxylation is 1. The summed E-state index contributed by atoms with van der Waals surface area (Å²) in [4.78, 5) is 19.4. The van der Waals surface area contributed by atoms with Gasteiger partial charge in [-0.3, -0.25) is 4.79 Å². The van der Waals surface area contributed by atoms with Crippen molar-refractivity contribution in [3.63, 3.8) is 0 Å². The number of carbonyl (C=O) groups is 1. The standard InChI is InChI=1S/C20H20FN3OS/c1-14-11-22-19(24(14)12-15-4-6-17(21)7-5-15)18-3-2-9-23(18)20(25)16-8-10-26-13-16/h4-8,10-11,13,18H,2-3,9,12H2,1H3. The smallest absolute Gasteiger partial charge is 0.255 e. The first-order chi connectivity index (χ1) is 12.6. The summed E-state index contributed by atoms with van der Waals surface area (Å²) < 4.78 is 15.3. The van der Waals surface area contributed by atoms with Gasteiger partial charge in [0.1, 0.15) is 11.6 Å². The van der Waals surface area contributed by atoms with Crippen LogP contribution in [0.3, 0.4) is 0 Å². The molecule has 1 amide bonds. The molecule has 3 aromatic rings. The molecule has 3 heterocycles. The summed E-state index contributed by atoms with van der Waals surface area (Å²) in [6, 6.07) is 8.39. The van der Waals surface area contributed by atoms with E-state index < -0.39 is 0 Å². The Bertz CT molecular complexity index is 902. The van der Waals surface area contributed by atoms with Gasteiger partial charge in [0.25, 0.3) is 5.91 Å². The second kappa shape index (κ2) is 7.03. The van der Waals surface area contributed by atoms with Gasteiger partial charge in [0, 0.05) is 30.4 Å². The highest BCUT2D eigenvalue weighted by atomic mass is 32.1. The lowest BCUT2D eigenvalue weighted by atomic mass is 10.1. The number of carbonyl (C=O) groups excluding carboxylic acids is 1. The highest BCUT2D eigenvalue weighted by Crippen LogP contribution is 2.33. The lowest BCUT2D eigenvalue weighted by Crippen LogP contribution is -2.32. The second-order valence-corrected chi connectivity index (χ2v) is 7.42. The van der Waals surface area contributed by atoms with Gasteiger partial charge in [0.05, 0.1) is 11.6 Å². The summed E-state index contributed by atoms with van der Waals surface area (Å²) in [6.45, 7) is 3.39. The molecule has 0 N–H and O–H groups in total. The molecule has 1 aliphatic rings. The molecule has 1 fully saturated rings. The van der Waals surface area contributed by atoms with Crippen molar-refractivity contribution in [2.75, 3.05) is 6.54 Å². The Morgan fingerprint density at radius 2 is 2.12 bits per heavy atom. The minimum atomic E-state index is -0.236. The van der Waals surface area contributed by atoms with E-state index in [-0.39, 0.29) is 17.8 Å². The maximum absolute atomic E-state index is 13.2. The zero-order chi connectivity index (χ0) is 18.1. The van der Waals surface area contributed by atoms with Crippen molar-refractivity contribution >= 4 is 17.2 Å². The SMILES string of the molecule is Cc1cnc(C2CCCN2C(=O)c2ccsc2)n1Cc1ccc(F)cc1. The third-order valence-corrected chi connectivity index (χ3v) is 5.60. The van der Waals surface area contributed by atoms with E-state index in [1.54, 1.807) is 12.1 Å². The molecule has 26 heavy (non-hydrogen) atoms.